The molecule has 1 rings (SSSR count). The van der Waals surface area contributed by atoms with E-state index in [1.807, 2.05) is 0 Å². The number of alkyl halides is 3. The number of carbonyl (C=O) groups is 1. The van der Waals surface area contributed by atoms with Crippen molar-refractivity contribution in [2.24, 2.45) is 5.84 Å². The fourth-order valence-electron chi connectivity index (χ4n) is 1.29. The summed E-state index contributed by atoms with van der Waals surface area (Å²) >= 11 is 0. The van der Waals surface area contributed by atoms with Crippen molar-refractivity contribution in [2.75, 3.05) is 13.1 Å². The number of urea groups is 1. The first kappa shape index (κ1) is 11.1. The number of hydrazine groups is 1. The van der Waals surface area contributed by atoms with Gasteiger partial charge in [-0.25, -0.2) is 10.6 Å². The number of halogens is 3. The van der Waals surface area contributed by atoms with Crippen LogP contribution in [0.1, 0.15) is 6.42 Å². The van der Waals surface area contributed by atoms with E-state index >= 15 is 0 Å². The Morgan fingerprint density at radius 2 is 2.14 bits per heavy atom. The van der Waals surface area contributed by atoms with Gasteiger partial charge >= 0.3 is 12.2 Å². The largest absolute Gasteiger partial charge is 0.419 e. The molecule has 0 aromatic carbocycles. The predicted octanol–water partition coefficient (Wildman–Crippen LogP) is -0.431. The Labute approximate surface area is 77.6 Å². The zero-order valence-electron chi connectivity index (χ0n) is 7.14. The summed E-state index contributed by atoms with van der Waals surface area (Å²) < 4.78 is 36.7. The van der Waals surface area contributed by atoms with Crippen LogP contribution in [0.4, 0.5) is 18.0 Å². The molecule has 5 nitrogen and oxygen atoms in total. The smallest absolute Gasteiger partial charge is 0.379 e. The first-order valence-corrected chi connectivity index (χ1v) is 3.85. The average Bonchev–Trinajstić information content (AvgIpc) is 2.47. The van der Waals surface area contributed by atoms with Crippen LogP contribution in [0.5, 0.6) is 0 Å². The van der Waals surface area contributed by atoms with Crippen LogP contribution in [0.15, 0.2) is 0 Å². The zero-order chi connectivity index (χ0) is 11.0. The number of likely N-dealkylation sites (tertiary alicyclic amines) is 1. The molecule has 1 saturated heterocycles. The molecule has 8 heteroatoms. The van der Waals surface area contributed by atoms with E-state index in [4.69, 9.17) is 10.9 Å². The van der Waals surface area contributed by atoms with Crippen LogP contribution in [0.3, 0.4) is 0 Å². The molecule has 1 heterocycles. The van der Waals surface area contributed by atoms with Crippen molar-refractivity contribution >= 4 is 6.03 Å². The standard InChI is InChI=1S/C6H10F3N3O2/c7-6(8,9)5(14)1-2-12(3-5)4(13)11-10/h14H,1-3,10H2,(H,11,13). The first-order chi connectivity index (χ1) is 6.30. The summed E-state index contributed by atoms with van der Waals surface area (Å²) in [6.07, 6.45) is -5.25. The minimum Gasteiger partial charge on any atom is -0.379 e. The monoisotopic (exact) mass is 213 g/mol. The summed E-state index contributed by atoms with van der Waals surface area (Å²) in [6.45, 7) is -0.946. The Balaban J connectivity index is 2.69. The third kappa shape index (κ3) is 1.75. The van der Waals surface area contributed by atoms with Gasteiger partial charge in [0, 0.05) is 13.0 Å². The molecule has 0 saturated carbocycles. The molecule has 0 aromatic rings. The van der Waals surface area contributed by atoms with Crippen LogP contribution in [0, 0.1) is 0 Å². The van der Waals surface area contributed by atoms with Gasteiger partial charge in [0.25, 0.3) is 0 Å². The number of nitrogens with one attached hydrogen (secondary N) is 1. The Bertz CT molecular complexity index is 245. The highest BCUT2D eigenvalue weighted by molar-refractivity contribution is 5.73. The molecule has 14 heavy (non-hydrogen) atoms. The SMILES string of the molecule is NNC(=O)N1CCC(O)(C(F)(F)F)C1. The van der Waals surface area contributed by atoms with Crippen molar-refractivity contribution in [3.8, 4) is 0 Å². The molecule has 1 unspecified atom stereocenters. The molecule has 0 aliphatic carbocycles. The van der Waals surface area contributed by atoms with Crippen molar-refractivity contribution in [2.45, 2.75) is 18.2 Å². The third-order valence-corrected chi connectivity index (χ3v) is 2.19. The van der Waals surface area contributed by atoms with E-state index in [-0.39, 0.29) is 6.54 Å². The topological polar surface area (TPSA) is 78.6 Å². The zero-order valence-corrected chi connectivity index (χ0v) is 7.14. The molecule has 2 amide bonds. The second-order valence-corrected chi connectivity index (χ2v) is 3.15. The Kier molecular flexibility index (Phi) is 2.59. The summed E-state index contributed by atoms with van der Waals surface area (Å²) in [4.78, 5) is 11.7. The number of hydrogen-bond acceptors (Lipinski definition) is 3. The van der Waals surface area contributed by atoms with Crippen LogP contribution < -0.4 is 11.3 Å². The molecule has 0 aromatic heterocycles. The first-order valence-electron chi connectivity index (χ1n) is 3.85. The highest BCUT2D eigenvalue weighted by Crippen LogP contribution is 2.37. The van der Waals surface area contributed by atoms with Crippen molar-refractivity contribution in [1.29, 1.82) is 0 Å². The Morgan fingerprint density at radius 3 is 2.50 bits per heavy atom. The minimum atomic E-state index is -4.73. The van der Waals surface area contributed by atoms with Gasteiger partial charge < -0.3 is 10.0 Å². The highest BCUT2D eigenvalue weighted by atomic mass is 19.4. The van der Waals surface area contributed by atoms with E-state index in [0.717, 1.165) is 4.90 Å². The number of hydrogen-bond donors (Lipinski definition) is 3. The van der Waals surface area contributed by atoms with E-state index < -0.39 is 30.8 Å². The van der Waals surface area contributed by atoms with Crippen LogP contribution in [-0.2, 0) is 0 Å². The van der Waals surface area contributed by atoms with Gasteiger partial charge in [-0.1, -0.05) is 0 Å². The fraction of sp³-hybridized carbons (Fsp3) is 0.833. The normalized spacial score (nSPS) is 27.9. The second-order valence-electron chi connectivity index (χ2n) is 3.15. The summed E-state index contributed by atoms with van der Waals surface area (Å²) in [5.74, 6) is 4.75. The summed E-state index contributed by atoms with van der Waals surface area (Å²) in [5, 5.41) is 9.16. The maximum Gasteiger partial charge on any atom is 0.419 e. The number of amides is 2. The van der Waals surface area contributed by atoms with Crippen LogP contribution in [0.2, 0.25) is 0 Å². The number of β-amino-alcohol motifs (C(OH)–C–C–N with tert-alkyl or cyclic N) is 1. The molecular weight excluding hydrogens is 203 g/mol. The van der Waals surface area contributed by atoms with E-state index in [1.165, 1.54) is 0 Å². The van der Waals surface area contributed by atoms with Gasteiger partial charge in [-0.15, -0.1) is 0 Å². The molecule has 1 aliphatic rings. The van der Waals surface area contributed by atoms with Gasteiger partial charge in [-0.05, 0) is 0 Å². The quantitative estimate of drug-likeness (QED) is 0.290. The average molecular weight is 213 g/mol. The number of aliphatic hydroxyl groups is 1. The molecule has 0 radical (unpaired) electrons. The van der Waals surface area contributed by atoms with E-state index in [2.05, 4.69) is 0 Å². The lowest BCUT2D eigenvalue weighted by Crippen LogP contribution is -2.50. The second kappa shape index (κ2) is 3.28. The lowest BCUT2D eigenvalue weighted by molar-refractivity contribution is -0.253. The van der Waals surface area contributed by atoms with Gasteiger partial charge in [0.1, 0.15) is 0 Å². The van der Waals surface area contributed by atoms with Crippen molar-refractivity contribution < 1.29 is 23.1 Å². The van der Waals surface area contributed by atoms with E-state index in [1.54, 1.807) is 5.43 Å². The number of nitrogens with two attached hydrogens (primary N) is 1. The maximum atomic E-state index is 12.2. The number of nitrogens with zero attached hydrogens (tertiary/aromatic N) is 1. The minimum absolute atomic E-state index is 0.168. The Hall–Kier alpha value is -1.02. The number of carbonyl (C=O) groups excluding carboxylic acids is 1. The van der Waals surface area contributed by atoms with Gasteiger partial charge in [0.05, 0.1) is 6.54 Å². The van der Waals surface area contributed by atoms with Gasteiger partial charge in [0.15, 0.2) is 5.60 Å². The summed E-state index contributed by atoms with van der Waals surface area (Å²) in [6, 6.07) is -0.829. The van der Waals surface area contributed by atoms with Crippen LogP contribution in [0.25, 0.3) is 0 Å². The van der Waals surface area contributed by atoms with Crippen LogP contribution in [-0.4, -0.2) is 40.9 Å². The Morgan fingerprint density at radius 1 is 1.57 bits per heavy atom. The fourth-order valence-corrected chi connectivity index (χ4v) is 1.29. The lowest BCUT2D eigenvalue weighted by atomic mass is 10.0. The maximum absolute atomic E-state index is 12.2. The number of rotatable bonds is 0. The van der Waals surface area contributed by atoms with Crippen LogP contribution >= 0.6 is 0 Å². The lowest BCUT2D eigenvalue weighted by Gasteiger charge is -2.25. The summed E-state index contributed by atoms with van der Waals surface area (Å²) in [5.41, 5.74) is -1.10. The van der Waals surface area contributed by atoms with Crippen molar-refractivity contribution in [1.82, 2.24) is 10.3 Å². The summed E-state index contributed by atoms with van der Waals surface area (Å²) in [7, 11) is 0. The molecule has 1 aliphatic heterocycles. The van der Waals surface area contributed by atoms with E-state index in [0.29, 0.717) is 0 Å². The molecule has 0 spiro atoms. The van der Waals surface area contributed by atoms with Crippen molar-refractivity contribution in [3.05, 3.63) is 0 Å². The molecule has 1 atom stereocenters. The molecule has 82 valence electrons. The van der Waals surface area contributed by atoms with Crippen molar-refractivity contribution in [3.63, 3.8) is 0 Å². The van der Waals surface area contributed by atoms with E-state index in [9.17, 15) is 18.0 Å². The molecule has 0 bridgehead atoms. The van der Waals surface area contributed by atoms with Gasteiger partial charge in [-0.3, -0.25) is 5.43 Å². The molecule has 4 N–H and O–H groups in total. The van der Waals surface area contributed by atoms with Gasteiger partial charge in [-0.2, -0.15) is 13.2 Å². The third-order valence-electron chi connectivity index (χ3n) is 2.19. The molecular formula is C6H10F3N3O2. The highest BCUT2D eigenvalue weighted by Gasteiger charge is 2.57. The molecule has 1 fully saturated rings. The predicted molar refractivity (Wildman–Crippen MR) is 39.9 cm³/mol. The van der Waals surface area contributed by atoms with Gasteiger partial charge in [0.2, 0.25) is 0 Å².